The molecule has 0 bridgehead atoms. The zero-order valence-electron chi connectivity index (χ0n) is 12.3. The molecule has 0 aromatic heterocycles. The van der Waals surface area contributed by atoms with Crippen LogP contribution in [0.5, 0.6) is 11.5 Å². The molecule has 0 saturated heterocycles. The number of amides is 1. The molecule has 22 heavy (non-hydrogen) atoms. The molecule has 7 heteroatoms. The number of ether oxygens (including phenoxy) is 2. The third-order valence-corrected chi connectivity index (χ3v) is 3.62. The van der Waals surface area contributed by atoms with E-state index in [1.807, 2.05) is 6.92 Å². The predicted molar refractivity (Wildman–Crippen MR) is 80.7 cm³/mol. The number of nitrogens with zero attached hydrogens (tertiary/aromatic N) is 1. The average molecular weight is 328 g/mol. The van der Waals surface area contributed by atoms with Gasteiger partial charge in [-0.25, -0.2) is 0 Å². The van der Waals surface area contributed by atoms with Crippen molar-refractivity contribution in [2.24, 2.45) is 0 Å². The van der Waals surface area contributed by atoms with Gasteiger partial charge < -0.3 is 19.5 Å². The number of carboxylic acids is 1. The van der Waals surface area contributed by atoms with E-state index in [9.17, 15) is 9.59 Å². The number of carboxylic acid groups (broad SMARTS) is 1. The molecule has 1 aliphatic heterocycles. The van der Waals surface area contributed by atoms with Gasteiger partial charge in [-0.1, -0.05) is 11.6 Å². The molecule has 0 saturated carbocycles. The van der Waals surface area contributed by atoms with Crippen molar-refractivity contribution in [1.29, 1.82) is 0 Å². The van der Waals surface area contributed by atoms with Crippen LogP contribution in [0.1, 0.15) is 18.9 Å². The molecule has 1 aliphatic rings. The number of hydrogen-bond acceptors (Lipinski definition) is 4. The summed E-state index contributed by atoms with van der Waals surface area (Å²) in [5, 5.41) is 9.12. The molecule has 1 N–H and O–H groups in total. The summed E-state index contributed by atoms with van der Waals surface area (Å²) in [6, 6.07) is 3.42. The Hall–Kier alpha value is -1.95. The van der Waals surface area contributed by atoms with Crippen molar-refractivity contribution in [3.8, 4) is 11.5 Å². The Morgan fingerprint density at radius 2 is 2.05 bits per heavy atom. The van der Waals surface area contributed by atoms with E-state index < -0.39 is 5.97 Å². The molecular weight excluding hydrogens is 310 g/mol. The lowest BCUT2D eigenvalue weighted by atomic mass is 10.1. The van der Waals surface area contributed by atoms with E-state index in [1.54, 1.807) is 12.1 Å². The van der Waals surface area contributed by atoms with Gasteiger partial charge in [0, 0.05) is 13.1 Å². The monoisotopic (exact) mass is 327 g/mol. The van der Waals surface area contributed by atoms with Crippen molar-refractivity contribution >= 4 is 23.5 Å². The van der Waals surface area contributed by atoms with E-state index in [0.29, 0.717) is 41.8 Å². The van der Waals surface area contributed by atoms with E-state index in [4.69, 9.17) is 26.2 Å². The lowest BCUT2D eigenvalue weighted by Gasteiger charge is -2.22. The van der Waals surface area contributed by atoms with E-state index in [2.05, 4.69) is 0 Å². The molecule has 1 heterocycles. The number of carbonyl (C=O) groups is 2. The molecule has 1 aromatic carbocycles. The van der Waals surface area contributed by atoms with Gasteiger partial charge in [-0.05, 0) is 24.6 Å². The van der Waals surface area contributed by atoms with Crippen molar-refractivity contribution in [2.75, 3.05) is 26.3 Å². The summed E-state index contributed by atoms with van der Waals surface area (Å²) in [4.78, 5) is 24.4. The third kappa shape index (κ3) is 4.04. The van der Waals surface area contributed by atoms with Crippen LogP contribution in [0.2, 0.25) is 5.02 Å². The fourth-order valence-electron chi connectivity index (χ4n) is 2.24. The Morgan fingerprint density at radius 3 is 2.73 bits per heavy atom. The second-order valence-electron chi connectivity index (χ2n) is 4.90. The predicted octanol–water partition coefficient (Wildman–Crippen LogP) is 1.98. The maximum absolute atomic E-state index is 12.3. The van der Waals surface area contributed by atoms with Gasteiger partial charge in [0.1, 0.15) is 13.2 Å². The first kappa shape index (κ1) is 16.4. The number of aliphatic carboxylic acids is 1. The van der Waals surface area contributed by atoms with E-state index in [0.717, 1.165) is 0 Å². The number of benzene rings is 1. The van der Waals surface area contributed by atoms with Gasteiger partial charge in [0.2, 0.25) is 5.91 Å². The van der Waals surface area contributed by atoms with Crippen LogP contribution in [0.15, 0.2) is 12.1 Å². The standard InChI is InChI=1S/C15H18ClNO5/c1-2-17(4-3-14(19)20)13(18)9-10-7-11(16)15-12(8-10)21-5-6-22-15/h7-8H,2-6,9H2,1H3,(H,19,20). The van der Waals surface area contributed by atoms with Crippen LogP contribution in [0, 0.1) is 0 Å². The Labute approximate surface area is 133 Å². The number of halogens is 1. The summed E-state index contributed by atoms with van der Waals surface area (Å²) in [6.45, 7) is 3.37. The zero-order chi connectivity index (χ0) is 16.1. The van der Waals surface area contributed by atoms with Gasteiger partial charge in [-0.15, -0.1) is 0 Å². The van der Waals surface area contributed by atoms with Crippen LogP contribution in [0.25, 0.3) is 0 Å². The summed E-state index contributed by atoms with van der Waals surface area (Å²) in [6.07, 6.45) is 0.0747. The van der Waals surface area contributed by atoms with E-state index in [1.165, 1.54) is 4.90 Å². The largest absolute Gasteiger partial charge is 0.486 e. The second kappa shape index (κ2) is 7.35. The SMILES string of the molecule is CCN(CCC(=O)O)C(=O)Cc1cc(Cl)c2c(c1)OCCO2. The lowest BCUT2D eigenvalue weighted by molar-refractivity contribution is -0.138. The van der Waals surface area contributed by atoms with Crippen LogP contribution in [0.3, 0.4) is 0 Å². The molecule has 0 fully saturated rings. The van der Waals surface area contributed by atoms with Crippen molar-refractivity contribution in [3.63, 3.8) is 0 Å². The smallest absolute Gasteiger partial charge is 0.305 e. The summed E-state index contributed by atoms with van der Waals surface area (Å²) in [5.74, 6) is -0.0254. The van der Waals surface area contributed by atoms with Crippen LogP contribution < -0.4 is 9.47 Å². The molecule has 0 atom stereocenters. The van der Waals surface area contributed by atoms with Gasteiger partial charge in [0.05, 0.1) is 17.9 Å². The normalized spacial score (nSPS) is 12.8. The Balaban J connectivity index is 2.07. The van der Waals surface area contributed by atoms with E-state index >= 15 is 0 Å². The minimum atomic E-state index is -0.923. The molecule has 0 aliphatic carbocycles. The van der Waals surface area contributed by atoms with Crippen molar-refractivity contribution in [3.05, 3.63) is 22.7 Å². The van der Waals surface area contributed by atoms with Crippen molar-refractivity contribution < 1.29 is 24.2 Å². The Bertz CT molecular complexity index is 575. The zero-order valence-corrected chi connectivity index (χ0v) is 13.1. The molecule has 0 radical (unpaired) electrons. The first-order chi connectivity index (χ1) is 10.5. The van der Waals surface area contributed by atoms with Crippen molar-refractivity contribution in [2.45, 2.75) is 19.8 Å². The van der Waals surface area contributed by atoms with Gasteiger partial charge in [0.15, 0.2) is 11.5 Å². The highest BCUT2D eigenvalue weighted by Crippen LogP contribution is 2.38. The van der Waals surface area contributed by atoms with Gasteiger partial charge in [0.25, 0.3) is 0 Å². The lowest BCUT2D eigenvalue weighted by Crippen LogP contribution is -2.34. The molecule has 1 amide bonds. The Kier molecular flexibility index (Phi) is 5.49. The number of hydrogen-bond donors (Lipinski definition) is 1. The molecule has 0 spiro atoms. The topological polar surface area (TPSA) is 76.1 Å². The maximum atomic E-state index is 12.3. The molecule has 2 rings (SSSR count). The maximum Gasteiger partial charge on any atom is 0.305 e. The minimum absolute atomic E-state index is 0.0680. The average Bonchev–Trinajstić information content (AvgIpc) is 2.47. The number of rotatable bonds is 6. The Morgan fingerprint density at radius 1 is 1.32 bits per heavy atom. The number of likely N-dealkylation sites (N-methyl/N-ethyl adjacent to an activating group) is 1. The van der Waals surface area contributed by atoms with Gasteiger partial charge in [-0.3, -0.25) is 9.59 Å². The molecule has 120 valence electrons. The first-order valence-electron chi connectivity index (χ1n) is 7.08. The highest BCUT2D eigenvalue weighted by molar-refractivity contribution is 6.32. The summed E-state index contributed by atoms with van der Waals surface area (Å²) >= 11 is 6.14. The van der Waals surface area contributed by atoms with Crippen LogP contribution in [-0.2, 0) is 16.0 Å². The first-order valence-corrected chi connectivity index (χ1v) is 7.46. The van der Waals surface area contributed by atoms with Crippen LogP contribution in [-0.4, -0.2) is 48.2 Å². The second-order valence-corrected chi connectivity index (χ2v) is 5.30. The number of fused-ring (bicyclic) bond motifs is 1. The highest BCUT2D eigenvalue weighted by Gasteiger charge is 2.19. The molecule has 6 nitrogen and oxygen atoms in total. The third-order valence-electron chi connectivity index (χ3n) is 3.34. The van der Waals surface area contributed by atoms with Crippen LogP contribution in [0.4, 0.5) is 0 Å². The fraction of sp³-hybridized carbons (Fsp3) is 0.467. The quantitative estimate of drug-likeness (QED) is 0.864. The van der Waals surface area contributed by atoms with Gasteiger partial charge >= 0.3 is 5.97 Å². The van der Waals surface area contributed by atoms with Crippen LogP contribution >= 0.6 is 11.6 Å². The minimum Gasteiger partial charge on any atom is -0.486 e. The molecule has 0 unspecified atom stereocenters. The van der Waals surface area contributed by atoms with Crippen molar-refractivity contribution in [1.82, 2.24) is 4.90 Å². The molecular formula is C15H18ClNO5. The van der Waals surface area contributed by atoms with E-state index in [-0.39, 0.29) is 25.3 Å². The number of carbonyl (C=O) groups excluding carboxylic acids is 1. The highest BCUT2D eigenvalue weighted by atomic mass is 35.5. The summed E-state index contributed by atoms with van der Waals surface area (Å²) < 4.78 is 10.9. The summed E-state index contributed by atoms with van der Waals surface area (Å²) in [5.41, 5.74) is 0.716. The summed E-state index contributed by atoms with van der Waals surface area (Å²) in [7, 11) is 0. The van der Waals surface area contributed by atoms with Gasteiger partial charge in [-0.2, -0.15) is 0 Å². The fourth-order valence-corrected chi connectivity index (χ4v) is 2.53. The molecule has 1 aromatic rings.